The number of aryl methyl sites for hydroxylation is 1. The van der Waals surface area contributed by atoms with E-state index in [-0.39, 0.29) is 6.09 Å². The van der Waals surface area contributed by atoms with Gasteiger partial charge in [0.15, 0.2) is 0 Å². The number of likely N-dealkylation sites (tertiary alicyclic amines) is 1. The maximum absolute atomic E-state index is 12.3. The summed E-state index contributed by atoms with van der Waals surface area (Å²) in [7, 11) is 1.90. The van der Waals surface area contributed by atoms with Crippen molar-refractivity contribution >= 4 is 6.09 Å². The third-order valence-corrected chi connectivity index (χ3v) is 7.55. The fraction of sp³-hybridized carbons (Fsp3) is 0.594. The molecule has 0 N–H and O–H groups in total. The Morgan fingerprint density at radius 3 is 2.06 bits per heavy atom. The monoisotopic (exact) mass is 492 g/mol. The van der Waals surface area contributed by atoms with Crippen LogP contribution in [0, 0.1) is 11.8 Å². The Kier molecular flexibility index (Phi) is 11.3. The van der Waals surface area contributed by atoms with Gasteiger partial charge in [-0.2, -0.15) is 0 Å². The first kappa shape index (κ1) is 28.2. The smallest absolute Gasteiger partial charge is 0.410 e. The van der Waals surface area contributed by atoms with Crippen molar-refractivity contribution in [2.24, 2.45) is 11.8 Å². The van der Waals surface area contributed by atoms with Crippen LogP contribution >= 0.6 is 0 Å². The van der Waals surface area contributed by atoms with E-state index in [4.69, 9.17) is 4.74 Å². The van der Waals surface area contributed by atoms with E-state index >= 15 is 0 Å². The van der Waals surface area contributed by atoms with Gasteiger partial charge >= 0.3 is 6.09 Å². The summed E-state index contributed by atoms with van der Waals surface area (Å²) in [5.41, 5.74) is 1.05. The van der Waals surface area contributed by atoms with Crippen LogP contribution in [0.2, 0.25) is 0 Å². The number of hydrogen-bond acceptors (Lipinski definition) is 3. The van der Waals surface area contributed by atoms with Gasteiger partial charge < -0.3 is 14.5 Å². The molecule has 198 valence electrons. The lowest BCUT2D eigenvalue weighted by atomic mass is 9.90. The molecule has 2 aromatic carbocycles. The highest BCUT2D eigenvalue weighted by atomic mass is 16.6. The van der Waals surface area contributed by atoms with Crippen molar-refractivity contribution in [3.8, 4) is 0 Å². The fourth-order valence-corrected chi connectivity index (χ4v) is 5.50. The van der Waals surface area contributed by atoms with E-state index in [1.807, 2.05) is 69.1 Å². The van der Waals surface area contributed by atoms with Gasteiger partial charge in [-0.3, -0.25) is 0 Å². The van der Waals surface area contributed by atoms with Crippen LogP contribution in [0.4, 0.5) is 4.79 Å². The van der Waals surface area contributed by atoms with Gasteiger partial charge in [0.05, 0.1) is 0 Å². The molecule has 1 aliphatic heterocycles. The summed E-state index contributed by atoms with van der Waals surface area (Å²) in [5, 5.41) is 0. The molecule has 1 amide bonds. The molecule has 2 aliphatic rings. The number of rotatable bonds is 7. The maximum atomic E-state index is 12.3. The second kappa shape index (κ2) is 14.4. The second-order valence-corrected chi connectivity index (χ2v) is 11.7. The third kappa shape index (κ3) is 10.3. The second-order valence-electron chi connectivity index (χ2n) is 11.7. The van der Waals surface area contributed by atoms with Crippen molar-refractivity contribution in [1.29, 1.82) is 0 Å². The van der Waals surface area contributed by atoms with Gasteiger partial charge in [-0.05, 0) is 96.2 Å². The van der Waals surface area contributed by atoms with Gasteiger partial charge in [-0.15, -0.1) is 0 Å². The van der Waals surface area contributed by atoms with E-state index < -0.39 is 5.60 Å². The lowest BCUT2D eigenvalue weighted by Gasteiger charge is -2.34. The fourth-order valence-electron chi connectivity index (χ4n) is 5.50. The Hall–Kier alpha value is -2.33. The topological polar surface area (TPSA) is 32.8 Å². The molecule has 1 saturated heterocycles. The molecule has 1 aliphatic carbocycles. The van der Waals surface area contributed by atoms with Crippen molar-refractivity contribution in [2.45, 2.75) is 83.8 Å². The number of hydrogen-bond donors (Lipinski definition) is 0. The average molecular weight is 493 g/mol. The molecule has 0 bridgehead atoms. The zero-order valence-electron chi connectivity index (χ0n) is 23.1. The van der Waals surface area contributed by atoms with Crippen molar-refractivity contribution in [3.63, 3.8) is 0 Å². The number of carbonyl (C=O) groups excluding carboxylic acids is 1. The summed E-state index contributed by atoms with van der Waals surface area (Å²) in [6.07, 6.45) is 9.88. The third-order valence-electron chi connectivity index (χ3n) is 7.55. The lowest BCUT2D eigenvalue weighted by molar-refractivity contribution is 0.0222. The first-order chi connectivity index (χ1) is 17.3. The molecule has 36 heavy (non-hydrogen) atoms. The van der Waals surface area contributed by atoms with Crippen LogP contribution in [-0.4, -0.2) is 54.2 Å². The molecule has 4 heteroatoms. The predicted octanol–water partition coefficient (Wildman–Crippen LogP) is 7.44. The summed E-state index contributed by atoms with van der Waals surface area (Å²) in [4.78, 5) is 16.9. The van der Waals surface area contributed by atoms with Crippen molar-refractivity contribution in [2.75, 3.05) is 26.7 Å². The SMILES string of the molecule is CN(C(=O)OC(C)(C)C)C1CC[C@@H](CN2CCC(CCCc3ccccc3)CC2)C1.c1ccccc1. The van der Waals surface area contributed by atoms with Gasteiger partial charge in [0.25, 0.3) is 0 Å². The van der Waals surface area contributed by atoms with Crippen LogP contribution < -0.4 is 0 Å². The molecule has 0 spiro atoms. The molecule has 4 rings (SSSR count). The summed E-state index contributed by atoms with van der Waals surface area (Å²) in [6, 6.07) is 23.2. The number of ether oxygens (including phenoxy) is 1. The molecule has 1 unspecified atom stereocenters. The molecule has 0 aromatic heterocycles. The Bertz CT molecular complexity index is 830. The minimum Gasteiger partial charge on any atom is -0.444 e. The molecule has 1 heterocycles. The van der Waals surface area contributed by atoms with Crippen LogP contribution in [0.1, 0.15) is 71.3 Å². The predicted molar refractivity (Wildman–Crippen MR) is 150 cm³/mol. The minimum absolute atomic E-state index is 0.176. The summed E-state index contributed by atoms with van der Waals surface area (Å²) < 4.78 is 5.55. The average Bonchev–Trinajstić information content (AvgIpc) is 3.34. The normalized spacial score (nSPS) is 20.9. The van der Waals surface area contributed by atoms with Gasteiger partial charge in [0.2, 0.25) is 0 Å². The standard InChI is InChI=1S/C26H42N2O2.C6H6/c1-26(2,3)30-25(29)27(4)24-14-13-23(19-24)20-28-17-15-22(16-18-28)12-8-11-21-9-6-5-7-10-21;1-2-4-6-5-3-1/h5-7,9-10,22-24H,8,11-20H2,1-4H3;1-6H/t23-,24?;/m1./s1. The number of amides is 1. The van der Waals surface area contributed by atoms with Crippen molar-refractivity contribution in [3.05, 3.63) is 72.3 Å². The van der Waals surface area contributed by atoms with E-state index in [2.05, 4.69) is 35.2 Å². The number of carbonyl (C=O) groups is 1. The first-order valence-electron chi connectivity index (χ1n) is 14.0. The zero-order valence-corrected chi connectivity index (χ0v) is 23.1. The van der Waals surface area contributed by atoms with Crippen LogP contribution in [0.15, 0.2) is 66.7 Å². The van der Waals surface area contributed by atoms with Crippen molar-refractivity contribution in [1.82, 2.24) is 9.80 Å². The van der Waals surface area contributed by atoms with E-state index in [0.29, 0.717) is 6.04 Å². The van der Waals surface area contributed by atoms with E-state index in [9.17, 15) is 4.79 Å². The largest absolute Gasteiger partial charge is 0.444 e. The molecule has 2 atom stereocenters. The highest BCUT2D eigenvalue weighted by molar-refractivity contribution is 5.68. The summed E-state index contributed by atoms with van der Waals surface area (Å²) in [5.74, 6) is 1.62. The Labute approximate surface area is 220 Å². The van der Waals surface area contributed by atoms with Crippen LogP contribution in [0.3, 0.4) is 0 Å². The minimum atomic E-state index is -0.422. The number of nitrogens with zero attached hydrogens (tertiary/aromatic N) is 2. The van der Waals surface area contributed by atoms with E-state index in [1.165, 1.54) is 63.7 Å². The molecule has 2 fully saturated rings. The zero-order chi connectivity index (χ0) is 25.8. The quantitative estimate of drug-likeness (QED) is 0.402. The molecule has 4 nitrogen and oxygen atoms in total. The number of benzene rings is 2. The van der Waals surface area contributed by atoms with Gasteiger partial charge in [-0.1, -0.05) is 73.2 Å². The molecule has 0 radical (unpaired) electrons. The van der Waals surface area contributed by atoms with Gasteiger partial charge in [0, 0.05) is 19.6 Å². The van der Waals surface area contributed by atoms with Crippen molar-refractivity contribution < 1.29 is 9.53 Å². The van der Waals surface area contributed by atoms with E-state index in [1.54, 1.807) is 0 Å². The Balaban J connectivity index is 0.000000526. The molecular formula is C32H48N2O2. The van der Waals surface area contributed by atoms with Crippen LogP contribution in [-0.2, 0) is 11.2 Å². The van der Waals surface area contributed by atoms with Gasteiger partial charge in [-0.25, -0.2) is 4.79 Å². The van der Waals surface area contributed by atoms with Crippen LogP contribution in [0.25, 0.3) is 0 Å². The maximum Gasteiger partial charge on any atom is 0.410 e. The summed E-state index contributed by atoms with van der Waals surface area (Å²) in [6.45, 7) is 9.50. The number of piperidine rings is 1. The molecular weight excluding hydrogens is 444 g/mol. The first-order valence-corrected chi connectivity index (χ1v) is 14.0. The summed E-state index contributed by atoms with van der Waals surface area (Å²) >= 11 is 0. The Morgan fingerprint density at radius 2 is 1.47 bits per heavy atom. The van der Waals surface area contributed by atoms with E-state index in [0.717, 1.165) is 24.7 Å². The lowest BCUT2D eigenvalue weighted by Crippen LogP contribution is -2.40. The highest BCUT2D eigenvalue weighted by Crippen LogP contribution is 2.32. The van der Waals surface area contributed by atoms with Crippen LogP contribution in [0.5, 0.6) is 0 Å². The molecule has 2 aromatic rings. The molecule has 1 saturated carbocycles. The van der Waals surface area contributed by atoms with Gasteiger partial charge in [0.1, 0.15) is 5.60 Å². The Morgan fingerprint density at radius 1 is 0.889 bits per heavy atom. The highest BCUT2D eigenvalue weighted by Gasteiger charge is 2.33.